The molecule has 0 N–H and O–H groups in total. The lowest BCUT2D eigenvalue weighted by Gasteiger charge is -2.26. The monoisotopic (exact) mass is 555 g/mol. The van der Waals surface area contributed by atoms with Crippen molar-refractivity contribution in [1.29, 1.82) is 0 Å². The van der Waals surface area contributed by atoms with E-state index in [1.54, 1.807) is 0 Å². The third-order valence-electron chi connectivity index (χ3n) is 8.81. The van der Waals surface area contributed by atoms with Crippen LogP contribution < -0.4 is 4.90 Å². The molecular weight excluding hydrogens is 522 g/mol. The maximum atomic E-state index is 13.9. The van der Waals surface area contributed by atoms with Crippen LogP contribution in [0.3, 0.4) is 0 Å². The van der Waals surface area contributed by atoms with Crippen LogP contribution in [0.1, 0.15) is 47.8 Å². The first-order chi connectivity index (χ1) is 21.0. The Hall–Kier alpha value is -5.21. The quantitative estimate of drug-likeness (QED) is 0.201. The van der Waals surface area contributed by atoms with Crippen LogP contribution in [-0.4, -0.2) is 5.78 Å². The van der Waals surface area contributed by atoms with Crippen LogP contribution in [0.15, 0.2) is 151 Å². The van der Waals surface area contributed by atoms with Crippen molar-refractivity contribution in [3.8, 4) is 22.3 Å². The SMILES string of the molecule is C\C=C/C=C1\C(=C\N(c2ccc(-c3ccccc3)cc2)c2ccc3c(c2)C(C)(C)c2ccccc2-3)C(=O)c2ccccc21. The molecule has 5 aromatic rings. The number of fused-ring (bicyclic) bond motifs is 4. The molecule has 208 valence electrons. The Morgan fingerprint density at radius 2 is 1.19 bits per heavy atom. The first-order valence-electron chi connectivity index (χ1n) is 14.9. The minimum absolute atomic E-state index is 0.0474. The topological polar surface area (TPSA) is 20.3 Å². The Morgan fingerprint density at radius 1 is 0.581 bits per heavy atom. The van der Waals surface area contributed by atoms with E-state index in [2.05, 4.69) is 116 Å². The van der Waals surface area contributed by atoms with E-state index in [1.165, 1.54) is 27.8 Å². The molecule has 2 aliphatic carbocycles. The highest BCUT2D eigenvalue weighted by Gasteiger charge is 2.36. The van der Waals surface area contributed by atoms with Crippen molar-refractivity contribution in [2.75, 3.05) is 4.90 Å². The van der Waals surface area contributed by atoms with Crippen molar-refractivity contribution >= 4 is 22.7 Å². The van der Waals surface area contributed by atoms with Gasteiger partial charge in [-0.15, -0.1) is 0 Å². The summed E-state index contributed by atoms with van der Waals surface area (Å²) in [6.45, 7) is 6.59. The van der Waals surface area contributed by atoms with Crippen LogP contribution in [0.5, 0.6) is 0 Å². The number of nitrogens with zero attached hydrogens (tertiary/aromatic N) is 1. The average molecular weight is 556 g/mol. The van der Waals surface area contributed by atoms with Gasteiger partial charge in [-0.2, -0.15) is 0 Å². The van der Waals surface area contributed by atoms with Gasteiger partial charge in [-0.25, -0.2) is 0 Å². The maximum absolute atomic E-state index is 13.9. The molecule has 0 saturated heterocycles. The molecule has 0 bridgehead atoms. The zero-order valence-electron chi connectivity index (χ0n) is 24.7. The Kier molecular flexibility index (Phi) is 6.55. The molecule has 2 nitrogen and oxygen atoms in total. The van der Waals surface area contributed by atoms with E-state index in [-0.39, 0.29) is 11.2 Å². The molecule has 0 unspecified atom stereocenters. The zero-order valence-corrected chi connectivity index (χ0v) is 24.7. The second-order valence-electron chi connectivity index (χ2n) is 11.7. The number of Topliss-reactive ketones (excluding diaryl/α,β-unsaturated/α-hetero) is 1. The molecule has 0 atom stereocenters. The Labute approximate surface area is 254 Å². The number of hydrogen-bond acceptors (Lipinski definition) is 2. The van der Waals surface area contributed by atoms with Gasteiger partial charge >= 0.3 is 0 Å². The van der Waals surface area contributed by atoms with Gasteiger partial charge in [-0.05, 0) is 75.7 Å². The van der Waals surface area contributed by atoms with Crippen molar-refractivity contribution in [2.24, 2.45) is 0 Å². The summed E-state index contributed by atoms with van der Waals surface area (Å²) in [6.07, 6.45) is 8.09. The molecule has 0 aliphatic heterocycles. The zero-order chi connectivity index (χ0) is 29.6. The third kappa shape index (κ3) is 4.47. The first kappa shape index (κ1) is 26.7. The molecule has 0 saturated carbocycles. The van der Waals surface area contributed by atoms with E-state index in [0.29, 0.717) is 5.57 Å². The number of carbonyl (C=O) groups excluding carboxylic acids is 1. The van der Waals surface area contributed by atoms with Gasteiger partial charge in [-0.3, -0.25) is 4.79 Å². The summed E-state index contributed by atoms with van der Waals surface area (Å²) < 4.78 is 0. The van der Waals surface area contributed by atoms with Crippen LogP contribution in [0, 0.1) is 0 Å². The third-order valence-corrected chi connectivity index (χ3v) is 8.81. The number of benzene rings is 5. The number of allylic oxidation sites excluding steroid dienone is 5. The summed E-state index contributed by atoms with van der Waals surface area (Å²) in [5.74, 6) is 0.0474. The van der Waals surface area contributed by atoms with Gasteiger partial charge in [0, 0.05) is 34.1 Å². The Balaban J connectivity index is 1.40. The van der Waals surface area contributed by atoms with E-state index in [9.17, 15) is 4.79 Å². The predicted octanol–water partition coefficient (Wildman–Crippen LogP) is 10.5. The van der Waals surface area contributed by atoms with Crippen molar-refractivity contribution in [1.82, 2.24) is 0 Å². The normalized spacial score (nSPS) is 16.5. The van der Waals surface area contributed by atoms with Gasteiger partial charge < -0.3 is 4.90 Å². The predicted molar refractivity (Wildman–Crippen MR) is 180 cm³/mol. The molecule has 0 heterocycles. The van der Waals surface area contributed by atoms with Crippen LogP contribution in [-0.2, 0) is 5.41 Å². The van der Waals surface area contributed by atoms with Gasteiger partial charge in [0.2, 0.25) is 0 Å². The summed E-state index contributed by atoms with van der Waals surface area (Å²) >= 11 is 0. The van der Waals surface area contributed by atoms with Gasteiger partial charge in [0.15, 0.2) is 5.78 Å². The van der Waals surface area contributed by atoms with Crippen LogP contribution in [0.2, 0.25) is 0 Å². The molecule has 2 aliphatic rings. The summed E-state index contributed by atoms with van der Waals surface area (Å²) in [6, 6.07) is 42.4. The van der Waals surface area contributed by atoms with Crippen LogP contribution >= 0.6 is 0 Å². The highest BCUT2D eigenvalue weighted by molar-refractivity contribution is 6.27. The Bertz CT molecular complexity index is 1960. The molecule has 0 aromatic heterocycles. The highest BCUT2D eigenvalue weighted by Crippen LogP contribution is 2.50. The van der Waals surface area contributed by atoms with Crippen molar-refractivity contribution in [2.45, 2.75) is 26.2 Å². The first-order valence-corrected chi connectivity index (χ1v) is 14.9. The molecular formula is C41H33NO. The lowest BCUT2D eigenvalue weighted by atomic mass is 9.82. The largest absolute Gasteiger partial charge is 0.316 e. The van der Waals surface area contributed by atoms with Crippen LogP contribution in [0.25, 0.3) is 27.8 Å². The molecule has 0 amide bonds. The molecule has 5 aromatic carbocycles. The highest BCUT2D eigenvalue weighted by atomic mass is 16.1. The van der Waals surface area contributed by atoms with Gasteiger partial charge in [0.05, 0.1) is 0 Å². The van der Waals surface area contributed by atoms with Crippen molar-refractivity contribution in [3.63, 3.8) is 0 Å². The summed E-state index contributed by atoms with van der Waals surface area (Å²) in [5.41, 5.74) is 12.8. The molecule has 43 heavy (non-hydrogen) atoms. The van der Waals surface area contributed by atoms with Gasteiger partial charge in [0.1, 0.15) is 0 Å². The van der Waals surface area contributed by atoms with E-state index < -0.39 is 0 Å². The van der Waals surface area contributed by atoms with Crippen molar-refractivity contribution < 1.29 is 4.79 Å². The minimum Gasteiger partial charge on any atom is -0.316 e. The van der Waals surface area contributed by atoms with E-state index >= 15 is 0 Å². The van der Waals surface area contributed by atoms with Crippen molar-refractivity contribution in [3.05, 3.63) is 174 Å². The fraction of sp³-hybridized carbons (Fsp3) is 0.0976. The fourth-order valence-electron chi connectivity index (χ4n) is 6.54. The number of ketones is 1. The number of rotatable bonds is 5. The molecule has 0 radical (unpaired) electrons. The van der Waals surface area contributed by atoms with Gasteiger partial charge in [-0.1, -0.05) is 129 Å². The smallest absolute Gasteiger partial charge is 0.195 e. The lowest BCUT2D eigenvalue weighted by molar-refractivity contribution is 0.104. The second kappa shape index (κ2) is 10.6. The minimum atomic E-state index is -0.131. The number of hydrogen-bond donors (Lipinski definition) is 0. The summed E-state index contributed by atoms with van der Waals surface area (Å²) in [7, 11) is 0. The van der Waals surface area contributed by atoms with E-state index in [4.69, 9.17) is 0 Å². The standard InChI is InChI=1S/C41H33NO/c1-4-5-15-33-32-16-9-10-18-36(32)40(43)37(33)27-42(30-22-20-29(21-23-30)28-13-7-6-8-14-28)31-24-25-35-34-17-11-12-19-38(34)41(2,3)39(35)26-31/h4-27H,1-3H3/b5-4-,33-15-,37-27-. The number of anilines is 2. The molecule has 7 rings (SSSR count). The summed E-state index contributed by atoms with van der Waals surface area (Å²) in [4.78, 5) is 16.1. The average Bonchev–Trinajstić information content (AvgIpc) is 3.45. The second-order valence-corrected chi connectivity index (χ2v) is 11.7. The van der Waals surface area contributed by atoms with Crippen LogP contribution in [0.4, 0.5) is 11.4 Å². The molecule has 0 spiro atoms. The Morgan fingerprint density at radius 3 is 1.93 bits per heavy atom. The maximum Gasteiger partial charge on any atom is 0.195 e. The van der Waals surface area contributed by atoms with Gasteiger partial charge in [0.25, 0.3) is 0 Å². The lowest BCUT2D eigenvalue weighted by Crippen LogP contribution is -2.17. The van der Waals surface area contributed by atoms with E-state index in [1.807, 2.05) is 55.6 Å². The molecule has 0 fully saturated rings. The summed E-state index contributed by atoms with van der Waals surface area (Å²) in [5, 5.41) is 0. The molecule has 2 heteroatoms. The number of carbonyl (C=O) groups is 1. The fourth-order valence-corrected chi connectivity index (χ4v) is 6.54. The van der Waals surface area contributed by atoms with E-state index in [0.717, 1.165) is 33.6 Å².